The highest BCUT2D eigenvalue weighted by molar-refractivity contribution is 7.80. The van der Waals surface area contributed by atoms with Crippen LogP contribution in [0.2, 0.25) is 0 Å². The molecule has 2 aromatic carbocycles. The molecule has 0 saturated carbocycles. The minimum atomic E-state index is -0.432. The second kappa shape index (κ2) is 7.65. The van der Waals surface area contributed by atoms with E-state index in [0.717, 1.165) is 22.4 Å². The average molecular weight is 342 g/mol. The Morgan fingerprint density at radius 2 is 1.71 bits per heavy atom. The summed E-state index contributed by atoms with van der Waals surface area (Å²) in [6.07, 6.45) is 0. The van der Waals surface area contributed by atoms with Crippen LogP contribution in [0.4, 0.5) is 11.4 Å². The van der Waals surface area contributed by atoms with Crippen LogP contribution in [0.5, 0.6) is 0 Å². The van der Waals surface area contributed by atoms with E-state index in [9.17, 15) is 10.1 Å². The van der Waals surface area contributed by atoms with E-state index in [1.165, 1.54) is 12.1 Å². The average Bonchev–Trinajstić information content (AvgIpc) is 2.56. The number of thiocarbonyl (C=S) groups is 1. The molecule has 0 radical (unpaired) electrons. The predicted molar refractivity (Wildman–Crippen MR) is 101 cm³/mol. The van der Waals surface area contributed by atoms with E-state index >= 15 is 0 Å². The summed E-state index contributed by atoms with van der Waals surface area (Å²) in [6, 6.07) is 12.2. The third kappa shape index (κ3) is 4.36. The lowest BCUT2D eigenvalue weighted by atomic mass is 10.1. The van der Waals surface area contributed by atoms with Crippen molar-refractivity contribution in [2.24, 2.45) is 5.10 Å². The number of aryl methyl sites for hydroxylation is 2. The van der Waals surface area contributed by atoms with Gasteiger partial charge in [-0.25, -0.2) is 0 Å². The number of hydrogen-bond acceptors (Lipinski definition) is 4. The Morgan fingerprint density at radius 3 is 2.25 bits per heavy atom. The fourth-order valence-electron chi connectivity index (χ4n) is 2.18. The highest BCUT2D eigenvalue weighted by Crippen LogP contribution is 2.19. The maximum atomic E-state index is 10.7. The van der Waals surface area contributed by atoms with Gasteiger partial charge in [0.05, 0.1) is 10.6 Å². The van der Waals surface area contributed by atoms with Gasteiger partial charge in [-0.15, -0.1) is 0 Å². The van der Waals surface area contributed by atoms with Crippen LogP contribution in [0.1, 0.15) is 23.6 Å². The van der Waals surface area contributed by atoms with Crippen LogP contribution >= 0.6 is 12.2 Å². The number of non-ortho nitro benzene ring substituents is 1. The molecule has 7 heteroatoms. The normalized spacial score (nSPS) is 11.0. The van der Waals surface area contributed by atoms with E-state index in [-0.39, 0.29) is 5.69 Å². The largest absolute Gasteiger partial charge is 0.331 e. The van der Waals surface area contributed by atoms with Crippen LogP contribution in [0.15, 0.2) is 47.6 Å². The van der Waals surface area contributed by atoms with Gasteiger partial charge < -0.3 is 5.32 Å². The number of nitrogens with zero attached hydrogens (tertiary/aromatic N) is 2. The Kier molecular flexibility index (Phi) is 5.59. The molecule has 6 nitrogen and oxygen atoms in total. The summed E-state index contributed by atoms with van der Waals surface area (Å²) in [5.41, 5.74) is 7.44. The number of hydrogen-bond donors (Lipinski definition) is 2. The lowest BCUT2D eigenvalue weighted by Gasteiger charge is -2.13. The van der Waals surface area contributed by atoms with E-state index in [1.807, 2.05) is 32.0 Å². The molecule has 0 spiro atoms. The lowest BCUT2D eigenvalue weighted by Crippen LogP contribution is -2.25. The molecule has 2 rings (SSSR count). The minimum Gasteiger partial charge on any atom is -0.331 e. The molecule has 0 aromatic heterocycles. The zero-order valence-electron chi connectivity index (χ0n) is 13.7. The maximum Gasteiger partial charge on any atom is 0.269 e. The van der Waals surface area contributed by atoms with Crippen molar-refractivity contribution < 1.29 is 4.92 Å². The summed E-state index contributed by atoms with van der Waals surface area (Å²) in [6.45, 7) is 5.81. The van der Waals surface area contributed by atoms with Crippen molar-refractivity contribution in [3.8, 4) is 0 Å². The van der Waals surface area contributed by atoms with E-state index in [1.54, 1.807) is 19.1 Å². The quantitative estimate of drug-likeness (QED) is 0.381. The predicted octanol–water partition coefficient (Wildman–Crippen LogP) is 3.92. The molecule has 0 aliphatic rings. The number of anilines is 1. The molecule has 0 atom stereocenters. The van der Waals surface area contributed by atoms with Gasteiger partial charge in [-0.1, -0.05) is 18.2 Å². The Bertz CT molecular complexity index is 780. The van der Waals surface area contributed by atoms with E-state index in [4.69, 9.17) is 12.2 Å². The number of hydrazone groups is 1. The zero-order chi connectivity index (χ0) is 17.7. The van der Waals surface area contributed by atoms with E-state index < -0.39 is 4.92 Å². The van der Waals surface area contributed by atoms with Gasteiger partial charge in [0.25, 0.3) is 5.69 Å². The fourth-order valence-corrected chi connectivity index (χ4v) is 2.32. The molecule has 124 valence electrons. The number of para-hydroxylation sites is 1. The molecule has 0 saturated heterocycles. The van der Waals surface area contributed by atoms with Crippen LogP contribution < -0.4 is 10.7 Å². The van der Waals surface area contributed by atoms with Crippen molar-refractivity contribution in [1.82, 2.24) is 5.43 Å². The first-order valence-corrected chi connectivity index (χ1v) is 7.71. The third-order valence-electron chi connectivity index (χ3n) is 3.54. The molecule has 2 aromatic rings. The lowest BCUT2D eigenvalue weighted by molar-refractivity contribution is -0.384. The second-order valence-corrected chi connectivity index (χ2v) is 5.74. The molecule has 24 heavy (non-hydrogen) atoms. The standard InChI is InChI=1S/C17H18N4O2S/c1-11-5-4-6-12(2)16(11)18-17(24)20-19-13(3)14-7-9-15(10-8-14)21(22)23/h4-10H,1-3H3,(H2,18,20,24)/b19-13+. The summed E-state index contributed by atoms with van der Waals surface area (Å²) in [7, 11) is 0. The number of benzene rings is 2. The molecule has 0 bridgehead atoms. The monoisotopic (exact) mass is 342 g/mol. The van der Waals surface area contributed by atoms with Crippen LogP contribution in [0, 0.1) is 24.0 Å². The molecule has 0 heterocycles. The summed E-state index contributed by atoms with van der Waals surface area (Å²) in [5, 5.41) is 18.4. The fraction of sp³-hybridized carbons (Fsp3) is 0.176. The van der Waals surface area contributed by atoms with Gasteiger partial charge in [0, 0.05) is 17.8 Å². The smallest absolute Gasteiger partial charge is 0.269 e. The second-order valence-electron chi connectivity index (χ2n) is 5.33. The van der Waals surface area contributed by atoms with Gasteiger partial charge >= 0.3 is 0 Å². The third-order valence-corrected chi connectivity index (χ3v) is 3.73. The van der Waals surface area contributed by atoms with Gasteiger partial charge in [-0.05, 0) is 61.8 Å². The SMILES string of the molecule is C/C(=N\NC(=S)Nc1c(C)cccc1C)c1ccc([N+](=O)[O-])cc1. The minimum absolute atomic E-state index is 0.0479. The van der Waals surface area contributed by atoms with Crippen molar-refractivity contribution in [3.05, 3.63) is 69.3 Å². The van der Waals surface area contributed by atoms with Crippen molar-refractivity contribution in [3.63, 3.8) is 0 Å². The maximum absolute atomic E-state index is 10.7. The van der Waals surface area contributed by atoms with Gasteiger partial charge in [0.2, 0.25) is 0 Å². The number of nitro groups is 1. The van der Waals surface area contributed by atoms with Gasteiger partial charge in [-0.2, -0.15) is 5.10 Å². The van der Waals surface area contributed by atoms with Gasteiger partial charge in [0.1, 0.15) is 0 Å². The topological polar surface area (TPSA) is 79.6 Å². The van der Waals surface area contributed by atoms with Crippen molar-refractivity contribution in [2.45, 2.75) is 20.8 Å². The highest BCUT2D eigenvalue weighted by atomic mass is 32.1. The Morgan fingerprint density at radius 1 is 1.12 bits per heavy atom. The zero-order valence-corrected chi connectivity index (χ0v) is 14.5. The van der Waals surface area contributed by atoms with E-state index in [0.29, 0.717) is 10.8 Å². The molecule has 2 N–H and O–H groups in total. The molecular weight excluding hydrogens is 324 g/mol. The van der Waals surface area contributed by atoms with Gasteiger partial charge in [0.15, 0.2) is 5.11 Å². The molecular formula is C17H18N4O2S. The molecule has 0 amide bonds. The summed E-state index contributed by atoms with van der Waals surface area (Å²) >= 11 is 5.26. The first-order valence-electron chi connectivity index (χ1n) is 7.31. The summed E-state index contributed by atoms with van der Waals surface area (Å²) < 4.78 is 0. The van der Waals surface area contributed by atoms with Crippen LogP contribution in [-0.2, 0) is 0 Å². The molecule has 0 fully saturated rings. The Balaban J connectivity index is 2.04. The number of nitro benzene ring substituents is 1. The first-order chi connectivity index (χ1) is 11.4. The van der Waals surface area contributed by atoms with Crippen LogP contribution in [0.3, 0.4) is 0 Å². The van der Waals surface area contributed by atoms with Crippen molar-refractivity contribution in [1.29, 1.82) is 0 Å². The Labute approximate surface area is 145 Å². The molecule has 0 aliphatic heterocycles. The first kappa shape index (κ1) is 17.6. The van der Waals surface area contributed by atoms with Crippen molar-refractivity contribution >= 4 is 34.4 Å². The number of rotatable bonds is 4. The Hall–Kier alpha value is -2.80. The molecule has 0 unspecified atom stereocenters. The number of nitrogens with one attached hydrogen (secondary N) is 2. The summed E-state index contributed by atoms with van der Waals surface area (Å²) in [5.74, 6) is 0. The van der Waals surface area contributed by atoms with Crippen LogP contribution in [-0.4, -0.2) is 15.7 Å². The van der Waals surface area contributed by atoms with Gasteiger partial charge in [-0.3, -0.25) is 15.5 Å². The molecule has 0 aliphatic carbocycles. The summed E-state index contributed by atoms with van der Waals surface area (Å²) in [4.78, 5) is 10.2. The van der Waals surface area contributed by atoms with E-state index in [2.05, 4.69) is 15.8 Å². The highest BCUT2D eigenvalue weighted by Gasteiger charge is 2.06. The van der Waals surface area contributed by atoms with Crippen molar-refractivity contribution in [2.75, 3.05) is 5.32 Å². The van der Waals surface area contributed by atoms with Crippen LogP contribution in [0.25, 0.3) is 0 Å².